The zero-order valence-corrected chi connectivity index (χ0v) is 12.3. The van der Waals surface area contributed by atoms with Gasteiger partial charge in [0, 0.05) is 12.3 Å². The Morgan fingerprint density at radius 3 is 2.30 bits per heavy atom. The monoisotopic (exact) mass is 282 g/mol. The van der Waals surface area contributed by atoms with Crippen LogP contribution < -0.4 is 0 Å². The highest BCUT2D eigenvalue weighted by atomic mass is 16.5. The summed E-state index contributed by atoms with van der Waals surface area (Å²) in [6, 6.07) is 0. The van der Waals surface area contributed by atoms with Crippen LogP contribution in [-0.4, -0.2) is 31.9 Å². The van der Waals surface area contributed by atoms with Crippen LogP contribution in [-0.2, 0) is 23.9 Å². The molecule has 0 aliphatic heterocycles. The molecule has 0 aromatic rings. The maximum atomic E-state index is 12.3. The second kappa shape index (κ2) is 5.54. The minimum atomic E-state index is -1.30. The van der Waals surface area contributed by atoms with Crippen LogP contribution in [0, 0.1) is 23.2 Å². The third kappa shape index (κ3) is 2.03. The first-order chi connectivity index (χ1) is 9.48. The van der Waals surface area contributed by atoms with E-state index in [9.17, 15) is 14.4 Å². The summed E-state index contributed by atoms with van der Waals surface area (Å²) >= 11 is 0. The molecule has 0 heterocycles. The van der Waals surface area contributed by atoms with Crippen LogP contribution in [0.2, 0.25) is 0 Å². The molecule has 0 radical (unpaired) electrons. The minimum Gasteiger partial charge on any atom is -0.468 e. The van der Waals surface area contributed by atoms with E-state index in [-0.39, 0.29) is 23.5 Å². The van der Waals surface area contributed by atoms with Crippen LogP contribution in [0.1, 0.15) is 39.0 Å². The Balaban J connectivity index is 2.49. The molecule has 2 aliphatic rings. The molecule has 0 saturated heterocycles. The van der Waals surface area contributed by atoms with Crippen LogP contribution in [0.15, 0.2) is 0 Å². The van der Waals surface area contributed by atoms with Gasteiger partial charge in [-0.2, -0.15) is 0 Å². The number of ether oxygens (including phenoxy) is 2. The fraction of sp³-hybridized carbons (Fsp3) is 0.800. The Labute approximate surface area is 119 Å². The van der Waals surface area contributed by atoms with Crippen molar-refractivity contribution in [2.24, 2.45) is 23.2 Å². The summed E-state index contributed by atoms with van der Waals surface area (Å²) in [6.07, 6.45) is 3.27. The standard InChI is InChI=1S/C15H22O5/c1-9-8-15(13(17)19-2,14(18)20-3)10-6-4-5-7-11(16)12(9)10/h9-10,12H,4-8H2,1-3H3/t9-,10-,12-/m0/s1. The van der Waals surface area contributed by atoms with Crippen molar-refractivity contribution in [3.63, 3.8) is 0 Å². The molecule has 20 heavy (non-hydrogen) atoms. The van der Waals surface area contributed by atoms with Crippen molar-refractivity contribution in [3.05, 3.63) is 0 Å². The summed E-state index contributed by atoms with van der Waals surface area (Å²) in [5.41, 5.74) is -1.30. The zero-order chi connectivity index (χ0) is 14.9. The van der Waals surface area contributed by atoms with Gasteiger partial charge >= 0.3 is 11.9 Å². The van der Waals surface area contributed by atoms with E-state index in [1.165, 1.54) is 14.2 Å². The lowest BCUT2D eigenvalue weighted by atomic mass is 9.72. The quantitative estimate of drug-likeness (QED) is 0.570. The Morgan fingerprint density at radius 2 is 1.75 bits per heavy atom. The largest absolute Gasteiger partial charge is 0.468 e. The van der Waals surface area contributed by atoms with E-state index in [0.29, 0.717) is 19.3 Å². The van der Waals surface area contributed by atoms with Crippen LogP contribution in [0.5, 0.6) is 0 Å². The number of rotatable bonds is 2. The summed E-state index contributed by atoms with van der Waals surface area (Å²) in [4.78, 5) is 37.0. The molecule has 0 bridgehead atoms. The van der Waals surface area contributed by atoms with Gasteiger partial charge in [0.05, 0.1) is 14.2 Å². The lowest BCUT2D eigenvalue weighted by Crippen LogP contribution is -2.45. The molecule has 0 aromatic carbocycles. The number of hydrogen-bond donors (Lipinski definition) is 0. The summed E-state index contributed by atoms with van der Waals surface area (Å²) in [7, 11) is 2.56. The maximum Gasteiger partial charge on any atom is 0.323 e. The molecule has 0 spiro atoms. The molecule has 0 aromatic heterocycles. The second-order valence-electron chi connectivity index (χ2n) is 5.98. The van der Waals surface area contributed by atoms with E-state index in [2.05, 4.69) is 0 Å². The predicted octanol–water partition coefficient (Wildman–Crippen LogP) is 1.73. The fourth-order valence-corrected chi connectivity index (χ4v) is 4.20. The van der Waals surface area contributed by atoms with Gasteiger partial charge in [-0.25, -0.2) is 0 Å². The number of methoxy groups -OCH3 is 2. The van der Waals surface area contributed by atoms with Crippen LogP contribution in [0.3, 0.4) is 0 Å². The van der Waals surface area contributed by atoms with Gasteiger partial charge in [0.2, 0.25) is 0 Å². The molecule has 2 aliphatic carbocycles. The summed E-state index contributed by atoms with van der Waals surface area (Å²) in [5.74, 6) is -1.45. The lowest BCUT2D eigenvalue weighted by molar-refractivity contribution is -0.173. The average Bonchev–Trinajstić information content (AvgIpc) is 2.60. The zero-order valence-electron chi connectivity index (χ0n) is 12.3. The van der Waals surface area contributed by atoms with Gasteiger partial charge in [0.1, 0.15) is 5.78 Å². The van der Waals surface area contributed by atoms with Crippen LogP contribution in [0.4, 0.5) is 0 Å². The molecular weight excluding hydrogens is 260 g/mol. The number of ketones is 1. The van der Waals surface area contributed by atoms with E-state index in [0.717, 1.165) is 12.8 Å². The van der Waals surface area contributed by atoms with E-state index in [1.807, 2.05) is 6.92 Å². The smallest absolute Gasteiger partial charge is 0.323 e. The highest BCUT2D eigenvalue weighted by Gasteiger charge is 2.64. The SMILES string of the molecule is COC(=O)C1(C(=O)OC)C[C@H](C)[C@@H]2C(=O)CCCC[C@@H]21. The molecule has 0 N–H and O–H groups in total. The first kappa shape index (κ1) is 15.0. The highest BCUT2D eigenvalue weighted by molar-refractivity contribution is 6.02. The number of carbonyl (C=O) groups is 3. The molecule has 2 saturated carbocycles. The molecule has 5 nitrogen and oxygen atoms in total. The minimum absolute atomic E-state index is 0.00352. The maximum absolute atomic E-state index is 12.3. The van der Waals surface area contributed by atoms with Gasteiger partial charge in [-0.05, 0) is 31.1 Å². The number of esters is 2. The summed E-state index contributed by atoms with van der Waals surface area (Å²) in [5, 5.41) is 0. The van der Waals surface area contributed by atoms with Crippen molar-refractivity contribution in [1.29, 1.82) is 0 Å². The van der Waals surface area contributed by atoms with Crippen molar-refractivity contribution in [1.82, 2.24) is 0 Å². The number of carbonyl (C=O) groups excluding carboxylic acids is 3. The molecule has 0 unspecified atom stereocenters. The van der Waals surface area contributed by atoms with E-state index in [1.54, 1.807) is 0 Å². The number of hydrogen-bond acceptors (Lipinski definition) is 5. The molecular formula is C15H22O5. The Hall–Kier alpha value is -1.39. The van der Waals surface area contributed by atoms with Gasteiger partial charge in [-0.3, -0.25) is 14.4 Å². The van der Waals surface area contributed by atoms with E-state index in [4.69, 9.17) is 9.47 Å². The second-order valence-corrected chi connectivity index (χ2v) is 5.98. The van der Waals surface area contributed by atoms with E-state index >= 15 is 0 Å². The molecule has 2 rings (SSSR count). The third-order valence-corrected chi connectivity index (χ3v) is 4.98. The van der Waals surface area contributed by atoms with Crippen molar-refractivity contribution < 1.29 is 23.9 Å². The molecule has 0 amide bonds. The number of fused-ring (bicyclic) bond motifs is 1. The van der Waals surface area contributed by atoms with Crippen LogP contribution >= 0.6 is 0 Å². The highest BCUT2D eigenvalue weighted by Crippen LogP contribution is 2.55. The first-order valence-corrected chi connectivity index (χ1v) is 7.18. The Kier molecular flexibility index (Phi) is 4.16. The Bertz CT molecular complexity index is 412. The Morgan fingerprint density at radius 1 is 1.15 bits per heavy atom. The van der Waals surface area contributed by atoms with Crippen molar-refractivity contribution in [3.8, 4) is 0 Å². The van der Waals surface area contributed by atoms with Crippen molar-refractivity contribution in [2.45, 2.75) is 39.0 Å². The first-order valence-electron chi connectivity index (χ1n) is 7.18. The van der Waals surface area contributed by atoms with Crippen molar-refractivity contribution >= 4 is 17.7 Å². The van der Waals surface area contributed by atoms with Crippen LogP contribution in [0.25, 0.3) is 0 Å². The molecule has 3 atom stereocenters. The molecule has 112 valence electrons. The van der Waals surface area contributed by atoms with E-state index < -0.39 is 17.4 Å². The van der Waals surface area contributed by atoms with Gasteiger partial charge in [0.15, 0.2) is 5.41 Å². The predicted molar refractivity (Wildman–Crippen MR) is 70.7 cm³/mol. The molecule has 2 fully saturated rings. The normalized spacial score (nSPS) is 32.1. The average molecular weight is 282 g/mol. The number of Topliss-reactive ketones (excluding diaryl/α,β-unsaturated/α-hetero) is 1. The lowest BCUT2D eigenvalue weighted by Gasteiger charge is -2.31. The van der Waals surface area contributed by atoms with Gasteiger partial charge in [-0.1, -0.05) is 13.3 Å². The van der Waals surface area contributed by atoms with Gasteiger partial charge in [0.25, 0.3) is 0 Å². The van der Waals surface area contributed by atoms with Gasteiger partial charge < -0.3 is 9.47 Å². The summed E-state index contributed by atoms with van der Waals surface area (Å²) < 4.78 is 9.77. The third-order valence-electron chi connectivity index (χ3n) is 4.98. The van der Waals surface area contributed by atoms with Gasteiger partial charge in [-0.15, -0.1) is 0 Å². The molecule has 5 heteroatoms. The fourth-order valence-electron chi connectivity index (χ4n) is 4.20. The summed E-state index contributed by atoms with van der Waals surface area (Å²) in [6.45, 7) is 1.94. The van der Waals surface area contributed by atoms with Crippen molar-refractivity contribution in [2.75, 3.05) is 14.2 Å². The topological polar surface area (TPSA) is 69.7 Å².